The maximum Gasteiger partial charge on any atom is 0.369 e. The number of nitrogens with zero attached hydrogens (tertiary/aromatic N) is 8. The molecule has 6 rings (SSSR count). The van der Waals surface area contributed by atoms with Crippen LogP contribution in [0.4, 0.5) is 32.1 Å². The van der Waals surface area contributed by atoms with E-state index in [0.29, 0.717) is 68.2 Å². The Kier molecular flexibility index (Phi) is 17.2. The number of aryl methyl sites for hydroxylation is 3. The van der Waals surface area contributed by atoms with Crippen molar-refractivity contribution in [2.45, 2.75) is 70.3 Å². The summed E-state index contributed by atoms with van der Waals surface area (Å²) in [5.41, 5.74) is 3.93. The maximum atomic E-state index is 14.0. The van der Waals surface area contributed by atoms with Crippen molar-refractivity contribution in [1.82, 2.24) is 19.9 Å². The smallest absolute Gasteiger partial charge is 0.369 e. The molecule has 0 aliphatic carbocycles. The van der Waals surface area contributed by atoms with Crippen molar-refractivity contribution < 1.29 is 30.7 Å². The molecule has 2 aromatic carbocycles. The molecule has 2 fully saturated rings. The average molecular weight is 1070 g/mol. The van der Waals surface area contributed by atoms with Crippen LogP contribution < -0.4 is 19.6 Å². The van der Waals surface area contributed by atoms with E-state index in [1.54, 1.807) is 19.1 Å². The van der Waals surface area contributed by atoms with Gasteiger partial charge in [0.1, 0.15) is 21.4 Å². The molecule has 0 amide bonds. The molecular weight excluding hydrogens is 1010 g/mol. The average Bonchev–Trinajstić information content (AvgIpc) is 3.16. The monoisotopic (exact) mass is 1060 g/mol. The van der Waals surface area contributed by atoms with E-state index < -0.39 is 31.3 Å². The van der Waals surface area contributed by atoms with Gasteiger partial charge in [0.15, 0.2) is 25.4 Å². The number of aromatic nitrogens is 4. The molecule has 0 spiro atoms. The van der Waals surface area contributed by atoms with Gasteiger partial charge < -0.3 is 24.7 Å². The lowest BCUT2D eigenvalue weighted by Crippen LogP contribution is -2.56. The van der Waals surface area contributed by atoms with Gasteiger partial charge in [0.05, 0.1) is 24.0 Å². The third kappa shape index (κ3) is 13.0. The molecule has 1 N–H and O–H groups in total. The van der Waals surface area contributed by atoms with Crippen LogP contribution in [0.2, 0.25) is 0 Å². The highest BCUT2D eigenvalue weighted by Gasteiger charge is 2.33. The van der Waals surface area contributed by atoms with Gasteiger partial charge in [0.2, 0.25) is 11.9 Å². The highest BCUT2D eigenvalue weighted by atomic mass is 79.9. The van der Waals surface area contributed by atoms with Gasteiger partial charge in [0.25, 0.3) is 0 Å². The van der Waals surface area contributed by atoms with Crippen LogP contribution in [-0.4, -0.2) is 109 Å². The van der Waals surface area contributed by atoms with Crippen molar-refractivity contribution in [3.05, 3.63) is 77.4 Å². The van der Waals surface area contributed by atoms with Gasteiger partial charge in [-0.15, -0.1) is 47.3 Å². The highest BCUT2D eigenvalue weighted by Crippen LogP contribution is 2.31. The molecule has 4 aromatic rings. The summed E-state index contributed by atoms with van der Waals surface area (Å²) in [6.45, 7) is 18.1. The second-order valence-corrected chi connectivity index (χ2v) is 25.9. The Balaban J connectivity index is 0.000000243. The minimum atomic E-state index is -3.64. The molecule has 2 aliphatic heterocycles. The minimum absolute atomic E-state index is 0.0584. The zero-order valence-electron chi connectivity index (χ0n) is 35.1. The normalized spacial score (nSPS) is 17.3. The molecule has 2 saturated heterocycles. The van der Waals surface area contributed by atoms with Gasteiger partial charge in [-0.2, -0.15) is 0 Å². The zero-order chi connectivity index (χ0) is 44.9. The predicted octanol–water partition coefficient (Wildman–Crippen LogP) is 7.53. The fourth-order valence-electron chi connectivity index (χ4n) is 6.91. The summed E-state index contributed by atoms with van der Waals surface area (Å²) in [5, 5.41) is 9.69. The number of piperazine rings is 2. The van der Waals surface area contributed by atoms with Crippen LogP contribution in [-0.2, 0) is 19.7 Å². The van der Waals surface area contributed by atoms with Crippen LogP contribution in [0, 0.1) is 44.2 Å². The Morgan fingerprint density at radius 2 is 1.07 bits per heavy atom. The van der Waals surface area contributed by atoms with E-state index in [-0.39, 0.29) is 36.7 Å². The van der Waals surface area contributed by atoms with E-state index in [4.69, 9.17) is 0 Å². The van der Waals surface area contributed by atoms with E-state index in [0.717, 1.165) is 29.7 Å². The van der Waals surface area contributed by atoms with Crippen LogP contribution in [0.15, 0.2) is 58.6 Å². The van der Waals surface area contributed by atoms with Crippen molar-refractivity contribution in [1.29, 1.82) is 0 Å². The fourth-order valence-corrected chi connectivity index (χ4v) is 8.43. The van der Waals surface area contributed by atoms with Crippen LogP contribution in [0.5, 0.6) is 5.75 Å². The highest BCUT2D eigenvalue weighted by molar-refractivity contribution is 9.69. The topological polar surface area (TPSA) is 153 Å². The largest absolute Gasteiger partial charge is 0.504 e. The van der Waals surface area contributed by atoms with Crippen molar-refractivity contribution in [3.63, 3.8) is 0 Å². The Hall–Kier alpha value is -3.14. The van der Waals surface area contributed by atoms with Crippen molar-refractivity contribution in [2.24, 2.45) is 11.8 Å². The molecule has 13 nitrogen and oxygen atoms in total. The molecule has 21 heteroatoms. The molecule has 60 heavy (non-hydrogen) atoms. The van der Waals surface area contributed by atoms with Gasteiger partial charge >= 0.3 is 3.18 Å². The molecule has 0 saturated carbocycles. The summed E-state index contributed by atoms with van der Waals surface area (Å²) in [4.78, 5) is 25.8. The lowest BCUT2D eigenvalue weighted by Gasteiger charge is -2.44. The van der Waals surface area contributed by atoms with E-state index >= 15 is 0 Å². The van der Waals surface area contributed by atoms with E-state index in [9.17, 15) is 30.7 Å². The number of rotatable bonds is 8. The fraction of sp³-hybridized carbons (Fsp3) is 0.487. The van der Waals surface area contributed by atoms with Crippen molar-refractivity contribution in [2.75, 3.05) is 71.4 Å². The quantitative estimate of drug-likeness (QED) is 0.173. The first kappa shape index (κ1) is 49.5. The van der Waals surface area contributed by atoms with E-state index in [1.165, 1.54) is 30.5 Å². The van der Waals surface area contributed by atoms with Gasteiger partial charge in [-0.1, -0.05) is 27.7 Å². The summed E-state index contributed by atoms with van der Waals surface area (Å²) in [6, 6.07) is 8.75. The number of benzene rings is 2. The third-order valence-electron chi connectivity index (χ3n) is 10.4. The number of sulfone groups is 2. The zero-order valence-corrected chi connectivity index (χ0v) is 41.5. The summed E-state index contributed by atoms with van der Waals surface area (Å²) in [5.74, 6) is 0.496. The second kappa shape index (κ2) is 20.8. The summed E-state index contributed by atoms with van der Waals surface area (Å²) in [7, 11) is -7.26. The molecule has 2 aliphatic rings. The Morgan fingerprint density at radius 3 is 1.42 bits per heavy atom. The Morgan fingerprint density at radius 1 is 0.683 bits per heavy atom. The number of halogens is 5. The van der Waals surface area contributed by atoms with Gasteiger partial charge in [-0.25, -0.2) is 45.6 Å². The molecule has 2 aromatic heterocycles. The Bertz CT molecular complexity index is 2190. The summed E-state index contributed by atoms with van der Waals surface area (Å²) >= 11 is 9.31. The van der Waals surface area contributed by atoms with E-state index in [1.807, 2.05) is 20.0 Å². The first-order valence-electron chi connectivity index (χ1n) is 19.2. The van der Waals surface area contributed by atoms with Gasteiger partial charge in [-0.05, 0) is 74.6 Å². The number of anilines is 4. The molecule has 0 bridgehead atoms. The van der Waals surface area contributed by atoms with E-state index in [2.05, 4.69) is 115 Å². The summed E-state index contributed by atoms with van der Waals surface area (Å²) < 4.78 is 75.6. The molecule has 2 atom stereocenters. The molecule has 0 radical (unpaired) electrons. The van der Waals surface area contributed by atoms with Crippen LogP contribution >= 0.6 is 47.3 Å². The lowest BCUT2D eigenvalue weighted by molar-refractivity contribution is 0.411. The SMILES string of the molecule is BrB(Br)Br.Cc1cnc(N2CCN(c3ccc(F)c(S(C)(=O)=O)c3)C[C@H]2C(C)C)nc1C.Cc1nc(N2CCN(c3ccc(F)c(S(C)(=O)=O)c3)C[C@H]2C(C)C)ncc1O. The van der Waals surface area contributed by atoms with Crippen LogP contribution in [0.1, 0.15) is 44.6 Å². The first-order chi connectivity index (χ1) is 27.9. The second-order valence-electron chi connectivity index (χ2n) is 15.5. The van der Waals surface area contributed by atoms with Gasteiger partial charge in [0, 0.05) is 75.0 Å². The molecular formula is C39H52BBr3F2N8O5S2. The number of hydrogen-bond acceptors (Lipinski definition) is 13. The third-order valence-corrected chi connectivity index (χ3v) is 12.6. The first-order valence-corrected chi connectivity index (χ1v) is 25.7. The lowest BCUT2D eigenvalue weighted by atomic mass is 9.99. The van der Waals surface area contributed by atoms with Crippen molar-refractivity contribution >= 4 is 93.4 Å². The molecule has 0 unspecified atom stereocenters. The van der Waals surface area contributed by atoms with Crippen LogP contribution in [0.3, 0.4) is 0 Å². The minimum Gasteiger partial charge on any atom is -0.504 e. The van der Waals surface area contributed by atoms with Crippen LogP contribution in [0.25, 0.3) is 0 Å². The maximum absolute atomic E-state index is 14.0. The molecule has 4 heterocycles. The Labute approximate surface area is 378 Å². The summed E-state index contributed by atoms with van der Waals surface area (Å²) in [6.07, 6.45) is 5.29. The predicted molar refractivity (Wildman–Crippen MR) is 248 cm³/mol. The number of hydrogen-bond donors (Lipinski definition) is 1. The number of aromatic hydroxyl groups is 1. The standard InChI is InChI=1S/C20H27FN4O2S.C19H25FN4O3S.BBr3/c1-13(2)18-12-24(16-6-7-17(21)19(10-16)28(5,26)27)8-9-25(18)20-22-11-14(3)15(4)23-20;1-12(2)16-11-23(14-5-6-15(20)18(9-14)28(4,26)27)7-8-24(16)19-21-10-17(25)13(3)22-19;2-1(3)4/h6-7,10-11,13,18H,8-9,12H2,1-5H3;5-6,9-10,12,16,25H,7-8,11H2,1-4H3;/t18-;16-;/m00./s1. The molecule has 328 valence electrons. The van der Waals surface area contributed by atoms with Gasteiger partial charge in [-0.3, -0.25) is 0 Å². The van der Waals surface area contributed by atoms with Crippen molar-refractivity contribution in [3.8, 4) is 5.75 Å².